The predicted octanol–water partition coefficient (Wildman–Crippen LogP) is 4.25. The van der Waals surface area contributed by atoms with Crippen molar-refractivity contribution in [1.29, 1.82) is 0 Å². The summed E-state index contributed by atoms with van der Waals surface area (Å²) in [6.45, 7) is 0. The number of nitrogens with zero attached hydrogens (tertiary/aromatic N) is 4. The summed E-state index contributed by atoms with van der Waals surface area (Å²) in [6, 6.07) is 13.6. The third-order valence-electron chi connectivity index (χ3n) is 4.39. The number of nitrogen functional groups attached to an aromatic ring is 1. The number of aromatic amines is 1. The highest BCUT2D eigenvalue weighted by Gasteiger charge is 2.30. The van der Waals surface area contributed by atoms with Crippen molar-refractivity contribution in [2.45, 2.75) is 12.6 Å². The number of hydrogen-bond donors (Lipinski definition) is 2. The van der Waals surface area contributed by atoms with Crippen LogP contribution in [0.25, 0.3) is 11.4 Å². The van der Waals surface area contributed by atoms with Gasteiger partial charge in [-0.2, -0.15) is 23.1 Å². The van der Waals surface area contributed by atoms with Crippen molar-refractivity contribution in [3.8, 4) is 29.0 Å². The Hall–Kier alpha value is -4.15. The third kappa shape index (κ3) is 4.94. The molecule has 4 aromatic rings. The van der Waals surface area contributed by atoms with E-state index in [4.69, 9.17) is 15.2 Å². The number of aromatic nitrogens is 5. The number of rotatable bonds is 6. The smallest absolute Gasteiger partial charge is 0.416 e. The maximum atomic E-state index is 12.9. The normalized spacial score (nSPS) is 11.4. The van der Waals surface area contributed by atoms with Gasteiger partial charge in [-0.3, -0.25) is 0 Å². The number of alkyl halides is 3. The zero-order chi connectivity index (χ0) is 22.7. The van der Waals surface area contributed by atoms with E-state index in [1.807, 2.05) is 0 Å². The van der Waals surface area contributed by atoms with E-state index < -0.39 is 11.7 Å². The molecule has 0 atom stereocenters. The first kappa shape index (κ1) is 21.1. The Bertz CT molecular complexity index is 1220. The van der Waals surface area contributed by atoms with Gasteiger partial charge in [0.05, 0.1) is 12.7 Å². The van der Waals surface area contributed by atoms with Crippen LogP contribution >= 0.6 is 0 Å². The van der Waals surface area contributed by atoms with Crippen LogP contribution in [0.1, 0.15) is 17.0 Å². The molecule has 0 unspecified atom stereocenters. The Morgan fingerprint density at radius 1 is 1.00 bits per heavy atom. The largest absolute Gasteiger partial charge is 0.467 e. The molecular formula is C21H17F3N6O2. The lowest BCUT2D eigenvalue weighted by Crippen LogP contribution is -2.05. The van der Waals surface area contributed by atoms with Gasteiger partial charge >= 0.3 is 12.2 Å². The Labute approximate surface area is 180 Å². The van der Waals surface area contributed by atoms with Gasteiger partial charge in [-0.25, -0.2) is 0 Å². The fourth-order valence-corrected chi connectivity index (χ4v) is 2.92. The molecule has 8 nitrogen and oxygen atoms in total. The van der Waals surface area contributed by atoms with E-state index >= 15 is 0 Å². The first-order valence-electron chi connectivity index (χ1n) is 9.35. The maximum absolute atomic E-state index is 12.9. The van der Waals surface area contributed by atoms with Gasteiger partial charge in [-0.05, 0) is 35.9 Å². The Morgan fingerprint density at radius 2 is 1.78 bits per heavy atom. The summed E-state index contributed by atoms with van der Waals surface area (Å²) < 4.78 is 49.3. The average Bonchev–Trinajstić information content (AvgIpc) is 3.22. The number of benzene rings is 2. The number of hydrogen-bond acceptors (Lipinski definition) is 7. The van der Waals surface area contributed by atoms with E-state index in [0.717, 1.165) is 17.7 Å². The van der Waals surface area contributed by atoms with Gasteiger partial charge < -0.3 is 20.2 Å². The van der Waals surface area contributed by atoms with Crippen molar-refractivity contribution >= 4 is 5.82 Å². The predicted molar refractivity (Wildman–Crippen MR) is 109 cm³/mol. The van der Waals surface area contributed by atoms with Crippen LogP contribution in [0.3, 0.4) is 0 Å². The number of halogens is 3. The molecule has 0 aliphatic carbocycles. The average molecular weight is 442 g/mol. The number of anilines is 1. The summed E-state index contributed by atoms with van der Waals surface area (Å²) in [5.41, 5.74) is 6.19. The number of H-pyrrole nitrogens is 1. The van der Waals surface area contributed by atoms with E-state index in [1.165, 1.54) is 19.2 Å². The van der Waals surface area contributed by atoms with E-state index in [1.54, 1.807) is 30.3 Å². The van der Waals surface area contributed by atoms with Crippen LogP contribution in [0, 0.1) is 0 Å². The zero-order valence-electron chi connectivity index (χ0n) is 16.7. The number of nitrogens with one attached hydrogen (secondary N) is 1. The van der Waals surface area contributed by atoms with Gasteiger partial charge in [0.15, 0.2) is 5.82 Å². The molecule has 164 valence electrons. The quantitative estimate of drug-likeness (QED) is 0.459. The molecule has 2 aromatic carbocycles. The van der Waals surface area contributed by atoms with E-state index in [0.29, 0.717) is 23.0 Å². The van der Waals surface area contributed by atoms with Gasteiger partial charge in [0.25, 0.3) is 0 Å². The van der Waals surface area contributed by atoms with E-state index in [-0.39, 0.29) is 24.1 Å². The van der Waals surface area contributed by atoms with Crippen LogP contribution in [-0.4, -0.2) is 32.3 Å². The molecule has 0 saturated carbocycles. The lowest BCUT2D eigenvalue weighted by molar-refractivity contribution is -0.137. The fraction of sp³-hybridized carbons (Fsp3) is 0.143. The lowest BCUT2D eigenvalue weighted by Gasteiger charge is -2.07. The van der Waals surface area contributed by atoms with Crippen molar-refractivity contribution in [3.05, 3.63) is 71.5 Å². The molecule has 0 radical (unpaired) electrons. The van der Waals surface area contributed by atoms with Crippen LogP contribution in [0.2, 0.25) is 0 Å². The number of methoxy groups -OCH3 is 1. The highest BCUT2D eigenvalue weighted by Crippen LogP contribution is 2.30. The Kier molecular flexibility index (Phi) is 5.63. The number of nitrogens with two attached hydrogens (primary N) is 1. The van der Waals surface area contributed by atoms with Gasteiger partial charge in [0.1, 0.15) is 17.4 Å². The monoisotopic (exact) mass is 442 g/mol. The molecule has 0 fully saturated rings. The number of ether oxygens (including phenoxy) is 2. The summed E-state index contributed by atoms with van der Waals surface area (Å²) in [7, 11) is 1.42. The molecule has 4 rings (SSSR count). The van der Waals surface area contributed by atoms with Gasteiger partial charge in [-0.1, -0.05) is 18.2 Å². The van der Waals surface area contributed by atoms with Crippen LogP contribution in [0.15, 0.2) is 54.6 Å². The van der Waals surface area contributed by atoms with Crippen molar-refractivity contribution in [2.75, 3.05) is 12.8 Å². The van der Waals surface area contributed by atoms with Gasteiger partial charge in [0, 0.05) is 18.1 Å². The molecule has 32 heavy (non-hydrogen) atoms. The van der Waals surface area contributed by atoms with Crippen LogP contribution in [0.4, 0.5) is 19.0 Å². The molecule has 0 aliphatic heterocycles. The second-order valence-electron chi connectivity index (χ2n) is 6.74. The minimum absolute atomic E-state index is 0.0894. The van der Waals surface area contributed by atoms with Gasteiger partial charge in [-0.15, -0.1) is 10.2 Å². The minimum Gasteiger partial charge on any atom is -0.467 e. The molecule has 2 heterocycles. The first-order valence-corrected chi connectivity index (χ1v) is 9.35. The molecule has 0 spiro atoms. The molecule has 0 aliphatic rings. The van der Waals surface area contributed by atoms with Crippen molar-refractivity contribution in [2.24, 2.45) is 0 Å². The molecule has 11 heteroatoms. The topological polar surface area (TPSA) is 112 Å². The Morgan fingerprint density at radius 3 is 2.50 bits per heavy atom. The van der Waals surface area contributed by atoms with Crippen LogP contribution in [-0.2, 0) is 12.6 Å². The Balaban J connectivity index is 1.46. The lowest BCUT2D eigenvalue weighted by atomic mass is 10.1. The molecule has 0 bridgehead atoms. The van der Waals surface area contributed by atoms with Crippen molar-refractivity contribution in [1.82, 2.24) is 25.1 Å². The molecular weight excluding hydrogens is 425 g/mol. The second kappa shape index (κ2) is 8.53. The molecule has 0 saturated heterocycles. The summed E-state index contributed by atoms with van der Waals surface area (Å²) in [5, 5.41) is 8.12. The summed E-state index contributed by atoms with van der Waals surface area (Å²) in [4.78, 5) is 11.0. The first-order chi connectivity index (χ1) is 15.3. The van der Waals surface area contributed by atoms with Crippen LogP contribution in [0.5, 0.6) is 17.6 Å². The molecule has 2 aromatic heterocycles. The zero-order valence-corrected chi connectivity index (χ0v) is 16.7. The molecule has 0 amide bonds. The maximum Gasteiger partial charge on any atom is 0.416 e. The van der Waals surface area contributed by atoms with Crippen molar-refractivity contribution in [3.63, 3.8) is 0 Å². The van der Waals surface area contributed by atoms with Crippen molar-refractivity contribution < 1.29 is 22.6 Å². The SMILES string of the molecule is COc1nc(N)cc(Oc2ccc(-c3nnc(Cc4cccc(C(F)(F)F)c4)[nH]3)cc2)n1. The van der Waals surface area contributed by atoms with E-state index in [2.05, 4.69) is 25.1 Å². The summed E-state index contributed by atoms with van der Waals surface area (Å²) in [5.74, 6) is 1.86. The molecule has 3 N–H and O–H groups in total. The summed E-state index contributed by atoms with van der Waals surface area (Å²) >= 11 is 0. The highest BCUT2D eigenvalue weighted by molar-refractivity contribution is 5.56. The van der Waals surface area contributed by atoms with Gasteiger partial charge in [0.2, 0.25) is 5.88 Å². The standard InChI is InChI=1S/C21H17F3N6O2/c1-31-20-26-16(25)11-18(28-20)32-15-7-5-13(6-8-15)19-27-17(29-30-19)10-12-3-2-4-14(9-12)21(22,23)24/h2-9,11H,10H2,1H3,(H2,25,26,28)(H,27,29,30). The second-order valence-corrected chi connectivity index (χ2v) is 6.74. The fourth-order valence-electron chi connectivity index (χ4n) is 2.92. The summed E-state index contributed by atoms with van der Waals surface area (Å²) in [6.07, 6.45) is -4.20. The third-order valence-corrected chi connectivity index (χ3v) is 4.39. The highest BCUT2D eigenvalue weighted by atomic mass is 19.4. The van der Waals surface area contributed by atoms with Crippen LogP contribution < -0.4 is 15.2 Å². The van der Waals surface area contributed by atoms with E-state index in [9.17, 15) is 13.2 Å². The minimum atomic E-state index is -4.39.